The van der Waals surface area contributed by atoms with Gasteiger partial charge in [-0.1, -0.05) is 30.3 Å². The quantitative estimate of drug-likeness (QED) is 0.429. The molecule has 3 heterocycles. The SMILES string of the molecule is O=C(Nc1nc(F)nc2c1ncn2[C@@H]1O[C@H](CO)[C@@H](O)[C@@H]1O)OCc1ccccc1. The number of hydrogen-bond acceptors (Lipinski definition) is 9. The number of ether oxygens (including phenoxy) is 2. The van der Waals surface area contributed by atoms with Gasteiger partial charge < -0.3 is 24.8 Å². The third kappa shape index (κ3) is 3.80. The van der Waals surface area contributed by atoms with Crippen molar-refractivity contribution in [3.05, 3.63) is 48.3 Å². The van der Waals surface area contributed by atoms with Crippen LogP contribution in [-0.2, 0) is 16.1 Å². The van der Waals surface area contributed by atoms with Crippen LogP contribution in [0.15, 0.2) is 36.7 Å². The fourth-order valence-electron chi connectivity index (χ4n) is 3.13. The molecule has 30 heavy (non-hydrogen) atoms. The Morgan fingerprint density at radius 2 is 2.00 bits per heavy atom. The molecule has 0 radical (unpaired) electrons. The maximum atomic E-state index is 14.0. The van der Waals surface area contributed by atoms with E-state index in [1.807, 2.05) is 6.07 Å². The maximum absolute atomic E-state index is 14.0. The molecule has 1 amide bonds. The van der Waals surface area contributed by atoms with Crippen molar-refractivity contribution in [2.45, 2.75) is 31.1 Å². The summed E-state index contributed by atoms with van der Waals surface area (Å²) in [6.07, 6.45) is -5.80. The predicted octanol–water partition coefficient (Wildman–Crippen LogP) is 0.326. The molecule has 0 spiro atoms. The summed E-state index contributed by atoms with van der Waals surface area (Å²) < 4.78 is 25.7. The fourth-order valence-corrected chi connectivity index (χ4v) is 3.13. The zero-order chi connectivity index (χ0) is 21.3. The molecule has 3 aromatic rings. The first kappa shape index (κ1) is 20.1. The number of halogens is 1. The van der Waals surface area contributed by atoms with Crippen LogP contribution < -0.4 is 5.32 Å². The van der Waals surface area contributed by atoms with Crippen LogP contribution in [0.2, 0.25) is 0 Å². The number of aliphatic hydroxyl groups excluding tert-OH is 3. The first-order valence-corrected chi connectivity index (χ1v) is 8.98. The van der Waals surface area contributed by atoms with Crippen LogP contribution in [0.4, 0.5) is 15.0 Å². The maximum Gasteiger partial charge on any atom is 0.413 e. The third-order valence-corrected chi connectivity index (χ3v) is 4.62. The van der Waals surface area contributed by atoms with E-state index in [-0.39, 0.29) is 23.6 Å². The predicted molar refractivity (Wildman–Crippen MR) is 98.5 cm³/mol. The molecule has 0 aliphatic carbocycles. The molecule has 2 aromatic heterocycles. The van der Waals surface area contributed by atoms with E-state index in [4.69, 9.17) is 9.47 Å². The Morgan fingerprint density at radius 3 is 2.70 bits per heavy atom. The minimum atomic E-state index is -1.41. The summed E-state index contributed by atoms with van der Waals surface area (Å²) in [5.74, 6) is -0.235. The van der Waals surface area contributed by atoms with Gasteiger partial charge in [-0.15, -0.1) is 0 Å². The number of nitrogens with zero attached hydrogens (tertiary/aromatic N) is 4. The van der Waals surface area contributed by atoms with Gasteiger partial charge in [-0.3, -0.25) is 9.88 Å². The number of hydrogen-bond donors (Lipinski definition) is 4. The van der Waals surface area contributed by atoms with E-state index < -0.39 is 43.3 Å². The second kappa shape index (κ2) is 8.28. The molecule has 4 N–H and O–H groups in total. The molecule has 1 aromatic carbocycles. The van der Waals surface area contributed by atoms with Crippen molar-refractivity contribution in [1.29, 1.82) is 0 Å². The number of anilines is 1. The molecular weight excluding hydrogens is 401 g/mol. The van der Waals surface area contributed by atoms with Gasteiger partial charge in [-0.2, -0.15) is 14.4 Å². The number of carbonyl (C=O) groups is 1. The average Bonchev–Trinajstić information content (AvgIpc) is 3.28. The molecule has 0 saturated carbocycles. The smallest absolute Gasteiger partial charge is 0.413 e. The lowest BCUT2D eigenvalue weighted by molar-refractivity contribution is -0.0511. The fraction of sp³-hybridized carbons (Fsp3) is 0.333. The lowest BCUT2D eigenvalue weighted by atomic mass is 10.1. The highest BCUT2D eigenvalue weighted by Gasteiger charge is 2.44. The van der Waals surface area contributed by atoms with E-state index in [1.165, 1.54) is 10.9 Å². The lowest BCUT2D eigenvalue weighted by Gasteiger charge is -2.16. The van der Waals surface area contributed by atoms with Crippen molar-refractivity contribution in [2.75, 3.05) is 11.9 Å². The van der Waals surface area contributed by atoms with Gasteiger partial charge in [0, 0.05) is 0 Å². The molecule has 1 saturated heterocycles. The number of aromatic nitrogens is 4. The number of imidazole rings is 1. The first-order chi connectivity index (χ1) is 14.5. The van der Waals surface area contributed by atoms with Gasteiger partial charge in [0.15, 0.2) is 23.2 Å². The average molecular weight is 419 g/mol. The number of aliphatic hydroxyl groups is 3. The second-order valence-corrected chi connectivity index (χ2v) is 6.58. The monoisotopic (exact) mass is 419 g/mol. The molecule has 1 aliphatic rings. The summed E-state index contributed by atoms with van der Waals surface area (Å²) in [6.45, 7) is -0.523. The van der Waals surface area contributed by atoms with Crippen molar-refractivity contribution in [1.82, 2.24) is 19.5 Å². The van der Waals surface area contributed by atoms with Crippen molar-refractivity contribution < 1.29 is 34.0 Å². The number of amides is 1. The lowest BCUT2D eigenvalue weighted by Crippen LogP contribution is -2.33. The summed E-state index contributed by atoms with van der Waals surface area (Å²) in [4.78, 5) is 23.3. The molecule has 12 heteroatoms. The second-order valence-electron chi connectivity index (χ2n) is 6.58. The van der Waals surface area contributed by atoms with Crippen LogP contribution in [0.1, 0.15) is 11.8 Å². The van der Waals surface area contributed by atoms with E-state index in [0.717, 1.165) is 5.56 Å². The van der Waals surface area contributed by atoms with Crippen LogP contribution in [-0.4, -0.2) is 65.9 Å². The summed E-state index contributed by atoms with van der Waals surface area (Å²) in [6, 6.07) is 8.97. The Kier molecular flexibility index (Phi) is 5.55. The van der Waals surface area contributed by atoms with E-state index >= 15 is 0 Å². The van der Waals surface area contributed by atoms with Crippen LogP contribution in [0, 0.1) is 6.08 Å². The number of benzene rings is 1. The number of nitrogens with one attached hydrogen (secondary N) is 1. The molecule has 4 atom stereocenters. The normalized spacial score (nSPS) is 23.6. The topological polar surface area (TPSA) is 152 Å². The Balaban J connectivity index is 1.56. The Hall–Kier alpha value is -3.19. The molecule has 0 bridgehead atoms. The highest BCUT2D eigenvalue weighted by molar-refractivity contribution is 5.93. The molecule has 1 aliphatic heterocycles. The first-order valence-electron chi connectivity index (χ1n) is 8.98. The summed E-state index contributed by atoms with van der Waals surface area (Å²) in [5, 5.41) is 31.7. The van der Waals surface area contributed by atoms with E-state index in [2.05, 4.69) is 20.3 Å². The van der Waals surface area contributed by atoms with Crippen molar-refractivity contribution in [3.63, 3.8) is 0 Å². The minimum Gasteiger partial charge on any atom is -0.444 e. The standard InChI is InChI=1S/C18H18FN5O6/c19-17-21-14(22-18(28)29-7-9-4-2-1-3-5-9)11-15(23-17)24(8-20-11)16-13(27)12(26)10(6-25)30-16/h1-5,8,10,12-13,16,25-27H,6-7H2,(H,21,22,23,28)/t10-,12-,13+,16-/m1/s1. The summed E-state index contributed by atoms with van der Waals surface area (Å²) in [5.41, 5.74) is 0.696. The molecule has 1 fully saturated rings. The molecule has 4 rings (SSSR count). The van der Waals surface area contributed by atoms with E-state index in [0.29, 0.717) is 0 Å². The van der Waals surface area contributed by atoms with Gasteiger partial charge in [0.2, 0.25) is 0 Å². The van der Waals surface area contributed by atoms with Gasteiger partial charge in [0.05, 0.1) is 12.9 Å². The number of rotatable bonds is 5. The largest absolute Gasteiger partial charge is 0.444 e. The molecule has 0 unspecified atom stereocenters. The van der Waals surface area contributed by atoms with Gasteiger partial charge in [0.25, 0.3) is 0 Å². The minimum absolute atomic E-state index is 0.000363. The van der Waals surface area contributed by atoms with Gasteiger partial charge >= 0.3 is 12.2 Å². The Labute approximate surface area is 168 Å². The van der Waals surface area contributed by atoms with Crippen LogP contribution in [0.5, 0.6) is 0 Å². The number of fused-ring (bicyclic) bond motifs is 1. The summed E-state index contributed by atoms with van der Waals surface area (Å²) in [7, 11) is 0. The van der Waals surface area contributed by atoms with E-state index in [1.54, 1.807) is 24.3 Å². The molecule has 158 valence electrons. The van der Waals surface area contributed by atoms with Crippen LogP contribution in [0.3, 0.4) is 0 Å². The van der Waals surface area contributed by atoms with Gasteiger partial charge in [-0.05, 0) is 5.56 Å². The number of carbonyl (C=O) groups excluding carboxylic acids is 1. The zero-order valence-corrected chi connectivity index (χ0v) is 15.4. The van der Waals surface area contributed by atoms with Crippen LogP contribution >= 0.6 is 0 Å². The molecule has 11 nitrogen and oxygen atoms in total. The summed E-state index contributed by atoms with van der Waals surface area (Å²) >= 11 is 0. The highest BCUT2D eigenvalue weighted by atomic mass is 19.1. The van der Waals surface area contributed by atoms with E-state index in [9.17, 15) is 24.5 Å². The van der Waals surface area contributed by atoms with Gasteiger partial charge in [-0.25, -0.2) is 9.78 Å². The highest BCUT2D eigenvalue weighted by Crippen LogP contribution is 2.32. The van der Waals surface area contributed by atoms with Crippen molar-refractivity contribution >= 4 is 23.1 Å². The van der Waals surface area contributed by atoms with Crippen LogP contribution in [0.25, 0.3) is 11.2 Å². The Morgan fingerprint density at radius 1 is 1.23 bits per heavy atom. The van der Waals surface area contributed by atoms with Crippen molar-refractivity contribution in [2.24, 2.45) is 0 Å². The third-order valence-electron chi connectivity index (χ3n) is 4.62. The van der Waals surface area contributed by atoms with Crippen molar-refractivity contribution in [3.8, 4) is 0 Å². The zero-order valence-electron chi connectivity index (χ0n) is 15.4. The van der Waals surface area contributed by atoms with Gasteiger partial charge in [0.1, 0.15) is 24.9 Å². The molecular formula is C18H18FN5O6. The Bertz CT molecular complexity index is 1050.